The van der Waals surface area contributed by atoms with Crippen molar-refractivity contribution in [3.63, 3.8) is 0 Å². The molecule has 0 N–H and O–H groups in total. The second-order valence-electron chi connectivity index (χ2n) is 8.10. The van der Waals surface area contributed by atoms with E-state index in [1.54, 1.807) is 0 Å². The number of benzene rings is 1. The number of alkyl halides is 3. The number of nitrogens with zero attached hydrogens (tertiary/aromatic N) is 4. The molecule has 0 saturated carbocycles. The Morgan fingerprint density at radius 1 is 1.21 bits per heavy atom. The zero-order valence-corrected chi connectivity index (χ0v) is 17.8. The van der Waals surface area contributed by atoms with Crippen molar-refractivity contribution in [2.45, 2.75) is 25.6 Å². The van der Waals surface area contributed by atoms with E-state index >= 15 is 0 Å². The molecule has 11 heteroatoms. The van der Waals surface area contributed by atoms with Gasteiger partial charge in [0.1, 0.15) is 24.0 Å². The first-order valence-electron chi connectivity index (χ1n) is 10.2. The van der Waals surface area contributed by atoms with Gasteiger partial charge in [-0.2, -0.15) is 13.2 Å². The Morgan fingerprint density at radius 2 is 1.94 bits per heavy atom. The summed E-state index contributed by atoms with van der Waals surface area (Å²) >= 11 is 0. The number of carbonyl (C=O) groups is 3. The van der Waals surface area contributed by atoms with Crippen molar-refractivity contribution in [1.82, 2.24) is 4.98 Å². The molecule has 2 atom stereocenters. The van der Waals surface area contributed by atoms with E-state index in [9.17, 15) is 31.9 Å². The number of likely N-dealkylation sites (N-methyl/N-ethyl adjacent to an activating group) is 1. The van der Waals surface area contributed by atoms with Crippen molar-refractivity contribution >= 4 is 35.3 Å². The molecule has 2 aliphatic rings. The Bertz CT molecular complexity index is 1140. The summed E-state index contributed by atoms with van der Waals surface area (Å²) in [5.74, 6) is -2.76. The summed E-state index contributed by atoms with van der Waals surface area (Å²) < 4.78 is 54.9. The van der Waals surface area contributed by atoms with Crippen LogP contribution in [0.4, 0.5) is 34.8 Å². The zero-order chi connectivity index (χ0) is 24.1. The molecule has 2 aliphatic heterocycles. The molecule has 2 amide bonds. The third kappa shape index (κ3) is 3.91. The predicted molar refractivity (Wildman–Crippen MR) is 111 cm³/mol. The van der Waals surface area contributed by atoms with Gasteiger partial charge in [-0.05, 0) is 31.2 Å². The van der Waals surface area contributed by atoms with Gasteiger partial charge in [0.2, 0.25) is 11.8 Å². The summed E-state index contributed by atoms with van der Waals surface area (Å²) in [6, 6.07) is 4.56. The Kier molecular flexibility index (Phi) is 5.59. The lowest BCUT2D eigenvalue weighted by Crippen LogP contribution is -2.52. The largest absolute Gasteiger partial charge is 0.416 e. The SMILES string of the molecule is Cc1cc(C(F)(F)F)cc(N2C(=O)C[C@@H]3CN(CC=O)c4c(F)cccc4N(C)C(=O)[C@H]32)n1. The van der Waals surface area contributed by atoms with Crippen LogP contribution in [-0.4, -0.2) is 49.3 Å². The van der Waals surface area contributed by atoms with Gasteiger partial charge in [-0.25, -0.2) is 9.37 Å². The van der Waals surface area contributed by atoms with Gasteiger partial charge in [0.15, 0.2) is 0 Å². The van der Waals surface area contributed by atoms with Crippen LogP contribution in [0, 0.1) is 18.7 Å². The molecule has 1 fully saturated rings. The Hall–Kier alpha value is -3.50. The highest BCUT2D eigenvalue weighted by Gasteiger charge is 2.49. The molecular formula is C22H20F4N4O3. The van der Waals surface area contributed by atoms with Crippen LogP contribution in [0.25, 0.3) is 0 Å². The molecule has 0 radical (unpaired) electrons. The number of hydrogen-bond donors (Lipinski definition) is 0. The molecule has 4 rings (SSSR count). The number of aldehydes is 1. The van der Waals surface area contributed by atoms with Crippen molar-refractivity contribution in [3.8, 4) is 0 Å². The fraction of sp³-hybridized carbons (Fsp3) is 0.364. The minimum atomic E-state index is -4.66. The van der Waals surface area contributed by atoms with Crippen LogP contribution in [0.15, 0.2) is 30.3 Å². The van der Waals surface area contributed by atoms with E-state index < -0.39 is 41.3 Å². The van der Waals surface area contributed by atoms with Gasteiger partial charge in [-0.3, -0.25) is 14.5 Å². The fourth-order valence-electron chi connectivity index (χ4n) is 4.52. The molecule has 174 valence electrons. The van der Waals surface area contributed by atoms with Crippen LogP contribution in [0.5, 0.6) is 0 Å². The summed E-state index contributed by atoms with van der Waals surface area (Å²) in [4.78, 5) is 45.5. The maximum absolute atomic E-state index is 14.7. The minimum absolute atomic E-state index is 0.0168. The molecule has 1 aromatic heterocycles. The van der Waals surface area contributed by atoms with Crippen LogP contribution in [0.1, 0.15) is 17.7 Å². The quantitative estimate of drug-likeness (QED) is 0.516. The van der Waals surface area contributed by atoms with Crippen LogP contribution in [-0.2, 0) is 20.6 Å². The van der Waals surface area contributed by atoms with Crippen molar-refractivity contribution in [3.05, 3.63) is 47.4 Å². The van der Waals surface area contributed by atoms with E-state index in [0.717, 1.165) is 17.0 Å². The number of para-hydroxylation sites is 1. The number of fused-ring (bicyclic) bond motifs is 2. The third-order valence-corrected chi connectivity index (χ3v) is 5.92. The average Bonchev–Trinajstić information content (AvgIpc) is 3.06. The molecule has 1 saturated heterocycles. The van der Waals surface area contributed by atoms with E-state index in [1.807, 2.05) is 0 Å². The van der Waals surface area contributed by atoms with Gasteiger partial charge in [0.05, 0.1) is 23.5 Å². The van der Waals surface area contributed by atoms with Gasteiger partial charge >= 0.3 is 6.18 Å². The minimum Gasteiger partial charge on any atom is -0.360 e. The average molecular weight is 464 g/mol. The summed E-state index contributed by atoms with van der Waals surface area (Å²) in [7, 11) is 1.40. The number of amides is 2. The fourth-order valence-corrected chi connectivity index (χ4v) is 4.52. The van der Waals surface area contributed by atoms with Crippen LogP contribution in [0.2, 0.25) is 0 Å². The molecule has 0 aliphatic carbocycles. The van der Waals surface area contributed by atoms with E-state index in [0.29, 0.717) is 6.29 Å². The third-order valence-electron chi connectivity index (χ3n) is 5.92. The Morgan fingerprint density at radius 3 is 2.61 bits per heavy atom. The first-order valence-corrected chi connectivity index (χ1v) is 10.2. The number of anilines is 3. The van der Waals surface area contributed by atoms with Gasteiger partial charge in [-0.1, -0.05) is 6.07 Å². The van der Waals surface area contributed by atoms with Crippen molar-refractivity contribution < 1.29 is 31.9 Å². The van der Waals surface area contributed by atoms with Crippen LogP contribution < -0.4 is 14.7 Å². The monoisotopic (exact) mass is 464 g/mol. The Labute approximate surface area is 186 Å². The normalized spacial score (nSPS) is 21.0. The highest BCUT2D eigenvalue weighted by Crippen LogP contribution is 2.41. The molecular weight excluding hydrogens is 444 g/mol. The summed E-state index contributed by atoms with van der Waals surface area (Å²) in [6.45, 7) is 1.17. The standard InChI is InChI=1S/C22H20F4N4O3/c1-12-8-14(22(24,25)26)10-17(27-12)30-18(32)9-13-11-29(6-7-31)20-15(23)4-3-5-16(20)28(2)21(33)19(13)30/h3-5,7-8,10,13,19H,6,9,11H2,1-2H3/t13-,19+/m1/s1. The molecule has 3 heterocycles. The predicted octanol–water partition coefficient (Wildman–Crippen LogP) is 2.95. The maximum atomic E-state index is 14.7. The van der Waals surface area contributed by atoms with E-state index in [1.165, 1.54) is 42.0 Å². The number of hydrogen-bond acceptors (Lipinski definition) is 5. The molecule has 33 heavy (non-hydrogen) atoms. The lowest BCUT2D eigenvalue weighted by Gasteiger charge is -2.38. The molecule has 0 bridgehead atoms. The highest BCUT2D eigenvalue weighted by atomic mass is 19.4. The maximum Gasteiger partial charge on any atom is 0.416 e. The first kappa shape index (κ1) is 22.7. The molecule has 2 aromatic rings. The second-order valence-corrected chi connectivity index (χ2v) is 8.10. The number of rotatable bonds is 3. The van der Waals surface area contributed by atoms with Gasteiger partial charge < -0.3 is 14.6 Å². The molecule has 0 unspecified atom stereocenters. The van der Waals surface area contributed by atoms with E-state index in [4.69, 9.17) is 0 Å². The van der Waals surface area contributed by atoms with Gasteiger partial charge in [-0.15, -0.1) is 0 Å². The van der Waals surface area contributed by atoms with Gasteiger partial charge in [0.25, 0.3) is 0 Å². The summed E-state index contributed by atoms with van der Waals surface area (Å²) in [6.07, 6.45) is -4.25. The van der Waals surface area contributed by atoms with Crippen LogP contribution >= 0.6 is 0 Å². The number of carbonyl (C=O) groups excluding carboxylic acids is 3. The number of aryl methyl sites for hydroxylation is 1. The molecule has 7 nitrogen and oxygen atoms in total. The lowest BCUT2D eigenvalue weighted by atomic mass is 9.95. The second kappa shape index (κ2) is 8.13. The topological polar surface area (TPSA) is 73.8 Å². The van der Waals surface area contributed by atoms with Crippen molar-refractivity contribution in [2.75, 3.05) is 34.8 Å². The number of aromatic nitrogens is 1. The Balaban J connectivity index is 1.84. The van der Waals surface area contributed by atoms with E-state index in [-0.39, 0.29) is 42.4 Å². The van der Waals surface area contributed by atoms with Crippen molar-refractivity contribution in [1.29, 1.82) is 0 Å². The summed E-state index contributed by atoms with van der Waals surface area (Å²) in [5, 5.41) is 0. The van der Waals surface area contributed by atoms with Crippen molar-refractivity contribution in [2.24, 2.45) is 5.92 Å². The smallest absolute Gasteiger partial charge is 0.360 e. The van der Waals surface area contributed by atoms with E-state index in [2.05, 4.69) is 4.98 Å². The first-order chi connectivity index (χ1) is 15.5. The zero-order valence-electron chi connectivity index (χ0n) is 17.8. The summed E-state index contributed by atoms with van der Waals surface area (Å²) in [5.41, 5.74) is -0.703. The number of pyridine rings is 1. The van der Waals surface area contributed by atoms with Crippen LogP contribution in [0.3, 0.4) is 0 Å². The highest BCUT2D eigenvalue weighted by molar-refractivity contribution is 6.10. The number of halogens is 4. The molecule has 1 aromatic carbocycles. The lowest BCUT2D eigenvalue weighted by molar-refractivity contribution is -0.137. The molecule has 0 spiro atoms. The van der Waals surface area contributed by atoms with Gasteiger partial charge in [0, 0.05) is 31.6 Å².